The Morgan fingerprint density at radius 1 is 0.533 bits per heavy atom. The SMILES string of the molecule is C1=CC2Oc3ccnc(-c4nc(-c5ccc6c(c5)-c5cccc7cccc-6c57)nc(-c5ccc6ccccc6c5)n4)c3C2C=C1. The molecule has 3 heterocycles. The quantitative estimate of drug-likeness (QED) is 0.210. The molecule has 2 unspecified atom stereocenters. The third-order valence-electron chi connectivity index (χ3n) is 9.25. The zero-order chi connectivity index (χ0) is 29.5. The summed E-state index contributed by atoms with van der Waals surface area (Å²) in [5.74, 6) is 2.64. The first-order valence-electron chi connectivity index (χ1n) is 15.2. The molecule has 0 saturated heterocycles. The lowest BCUT2D eigenvalue weighted by molar-refractivity contribution is 0.269. The highest BCUT2D eigenvalue weighted by atomic mass is 16.5. The molecule has 0 radical (unpaired) electrons. The van der Waals surface area contributed by atoms with E-state index in [9.17, 15) is 0 Å². The van der Waals surface area contributed by atoms with Gasteiger partial charge in [-0.05, 0) is 68.1 Å². The Balaban J connectivity index is 1.19. The Morgan fingerprint density at radius 2 is 1.24 bits per heavy atom. The predicted molar refractivity (Wildman–Crippen MR) is 179 cm³/mol. The Kier molecular flexibility index (Phi) is 5.05. The Hall–Kier alpha value is -5.94. The molecule has 1 aliphatic heterocycles. The number of rotatable bonds is 3. The molecule has 5 nitrogen and oxygen atoms in total. The maximum absolute atomic E-state index is 6.31. The normalized spacial score (nSPS) is 16.9. The number of allylic oxidation sites excluding steroid dienone is 2. The van der Waals surface area contributed by atoms with Crippen LogP contribution in [0.3, 0.4) is 0 Å². The molecule has 5 aromatic carbocycles. The second-order valence-electron chi connectivity index (χ2n) is 11.8. The van der Waals surface area contributed by atoms with Crippen LogP contribution < -0.4 is 4.74 Å². The first-order chi connectivity index (χ1) is 22.3. The molecule has 0 amide bonds. The standard InChI is InChI=1S/C40H24N4O/c1-2-8-25-21-26(16-15-23(25)7-1)38-42-39(27-17-18-28-29-12-5-9-24-10-6-13-30(35(24)29)32(28)22-27)44-40(43-38)37-36-31-11-3-4-14-33(31)45-34(36)19-20-41-37/h1-22,31,33H. The summed E-state index contributed by atoms with van der Waals surface area (Å²) in [5, 5.41) is 4.86. The minimum absolute atomic E-state index is 0.0528. The number of hydrogen-bond acceptors (Lipinski definition) is 5. The number of nitrogens with zero attached hydrogens (tertiary/aromatic N) is 4. The molecule has 5 heteroatoms. The lowest BCUT2D eigenvalue weighted by atomic mass is 9.90. The summed E-state index contributed by atoms with van der Waals surface area (Å²) in [4.78, 5) is 20.1. The highest BCUT2D eigenvalue weighted by Gasteiger charge is 2.36. The second-order valence-corrected chi connectivity index (χ2v) is 11.8. The zero-order valence-electron chi connectivity index (χ0n) is 24.1. The summed E-state index contributed by atoms with van der Waals surface area (Å²) in [7, 11) is 0. The third-order valence-corrected chi connectivity index (χ3v) is 9.25. The molecule has 2 atom stereocenters. The maximum atomic E-state index is 6.31. The molecule has 7 aromatic rings. The van der Waals surface area contributed by atoms with E-state index in [4.69, 9.17) is 24.7 Å². The van der Waals surface area contributed by atoms with Crippen molar-refractivity contribution in [2.45, 2.75) is 12.0 Å². The maximum Gasteiger partial charge on any atom is 0.182 e. The summed E-state index contributed by atoms with van der Waals surface area (Å²) in [6.45, 7) is 0. The largest absolute Gasteiger partial charge is 0.485 e. The highest BCUT2D eigenvalue weighted by molar-refractivity contribution is 6.15. The van der Waals surface area contributed by atoms with Gasteiger partial charge >= 0.3 is 0 Å². The molecule has 45 heavy (non-hydrogen) atoms. The van der Waals surface area contributed by atoms with Gasteiger partial charge in [0.15, 0.2) is 17.5 Å². The van der Waals surface area contributed by atoms with Crippen LogP contribution >= 0.6 is 0 Å². The molecule has 3 aliphatic rings. The van der Waals surface area contributed by atoms with E-state index in [-0.39, 0.29) is 12.0 Å². The predicted octanol–water partition coefficient (Wildman–Crippen LogP) is 9.19. The van der Waals surface area contributed by atoms with Gasteiger partial charge in [0.1, 0.15) is 17.5 Å². The Morgan fingerprint density at radius 3 is 2.11 bits per heavy atom. The summed E-state index contributed by atoms with van der Waals surface area (Å²) in [6.07, 6.45) is 10.1. The summed E-state index contributed by atoms with van der Waals surface area (Å²) in [6, 6.07) is 36.2. The van der Waals surface area contributed by atoms with Crippen LogP contribution in [-0.2, 0) is 0 Å². The molecule has 0 spiro atoms. The Labute approximate surface area is 259 Å². The topological polar surface area (TPSA) is 60.8 Å². The molecule has 0 bridgehead atoms. The van der Waals surface area contributed by atoms with Gasteiger partial charge < -0.3 is 4.74 Å². The van der Waals surface area contributed by atoms with Gasteiger partial charge in [-0.1, -0.05) is 103 Å². The van der Waals surface area contributed by atoms with E-state index >= 15 is 0 Å². The summed E-state index contributed by atoms with van der Waals surface area (Å²) >= 11 is 0. The van der Waals surface area contributed by atoms with Gasteiger partial charge in [-0.2, -0.15) is 0 Å². The first kappa shape index (κ1) is 24.5. The fourth-order valence-electron chi connectivity index (χ4n) is 7.16. The molecule has 0 N–H and O–H groups in total. The second kappa shape index (κ2) is 9.28. The van der Waals surface area contributed by atoms with Crippen LogP contribution in [0.15, 0.2) is 134 Å². The number of hydrogen-bond donors (Lipinski definition) is 0. The van der Waals surface area contributed by atoms with Crippen LogP contribution in [0.5, 0.6) is 5.75 Å². The van der Waals surface area contributed by atoms with Crippen molar-refractivity contribution in [1.82, 2.24) is 19.9 Å². The summed E-state index contributed by atoms with van der Waals surface area (Å²) in [5.41, 5.74) is 8.55. The van der Waals surface area contributed by atoms with Crippen LogP contribution in [0.2, 0.25) is 0 Å². The van der Waals surface area contributed by atoms with Crippen molar-refractivity contribution in [3.63, 3.8) is 0 Å². The smallest absolute Gasteiger partial charge is 0.182 e. The lowest BCUT2D eigenvalue weighted by Crippen LogP contribution is -2.16. The fraction of sp³-hybridized carbons (Fsp3) is 0.0500. The van der Waals surface area contributed by atoms with E-state index < -0.39 is 0 Å². The van der Waals surface area contributed by atoms with Gasteiger partial charge in [0.05, 0.1) is 0 Å². The van der Waals surface area contributed by atoms with Gasteiger partial charge in [0.2, 0.25) is 0 Å². The Bertz CT molecular complexity index is 2440. The van der Waals surface area contributed by atoms with Crippen LogP contribution in [0.4, 0.5) is 0 Å². The molecular weight excluding hydrogens is 552 g/mol. The minimum atomic E-state index is -0.0599. The highest BCUT2D eigenvalue weighted by Crippen LogP contribution is 2.48. The fourth-order valence-corrected chi connectivity index (χ4v) is 7.16. The van der Waals surface area contributed by atoms with Crippen molar-refractivity contribution in [2.24, 2.45) is 0 Å². The van der Waals surface area contributed by atoms with Gasteiger partial charge in [0.25, 0.3) is 0 Å². The van der Waals surface area contributed by atoms with Crippen molar-refractivity contribution in [2.75, 3.05) is 0 Å². The zero-order valence-corrected chi connectivity index (χ0v) is 24.1. The molecule has 10 rings (SSSR count). The van der Waals surface area contributed by atoms with E-state index in [1.165, 1.54) is 38.4 Å². The van der Waals surface area contributed by atoms with Crippen molar-refractivity contribution in [3.8, 4) is 62.3 Å². The molecular formula is C40H24N4O. The minimum Gasteiger partial charge on any atom is -0.485 e. The third kappa shape index (κ3) is 3.67. The molecule has 2 aliphatic carbocycles. The van der Waals surface area contributed by atoms with Crippen molar-refractivity contribution >= 4 is 21.5 Å². The molecule has 2 aromatic heterocycles. The average molecular weight is 577 g/mol. The number of fused-ring (bicyclic) bond motifs is 7. The van der Waals surface area contributed by atoms with E-state index in [1.54, 1.807) is 6.20 Å². The van der Waals surface area contributed by atoms with Crippen molar-refractivity contribution in [1.29, 1.82) is 0 Å². The van der Waals surface area contributed by atoms with E-state index in [1.807, 2.05) is 12.1 Å². The monoisotopic (exact) mass is 576 g/mol. The molecule has 0 fully saturated rings. The first-order valence-corrected chi connectivity index (χ1v) is 15.2. The van der Waals surface area contributed by atoms with Crippen molar-refractivity contribution in [3.05, 3.63) is 139 Å². The average Bonchev–Trinajstić information content (AvgIpc) is 3.65. The van der Waals surface area contributed by atoms with E-state index in [2.05, 4.69) is 115 Å². The van der Waals surface area contributed by atoms with E-state index in [0.717, 1.165) is 33.5 Å². The number of aromatic nitrogens is 4. The van der Waals surface area contributed by atoms with Crippen LogP contribution in [0.1, 0.15) is 11.5 Å². The van der Waals surface area contributed by atoms with Crippen LogP contribution in [0, 0.1) is 0 Å². The lowest BCUT2D eigenvalue weighted by Gasteiger charge is -2.15. The van der Waals surface area contributed by atoms with Gasteiger partial charge in [-0.15, -0.1) is 0 Å². The number of pyridine rings is 1. The van der Waals surface area contributed by atoms with Gasteiger partial charge in [-0.25, -0.2) is 15.0 Å². The van der Waals surface area contributed by atoms with E-state index in [0.29, 0.717) is 17.5 Å². The molecule has 210 valence electrons. The van der Waals surface area contributed by atoms with Crippen LogP contribution in [0.25, 0.3) is 78.1 Å². The van der Waals surface area contributed by atoms with Gasteiger partial charge in [0, 0.05) is 28.8 Å². The number of benzene rings is 5. The van der Waals surface area contributed by atoms with Crippen molar-refractivity contribution < 1.29 is 4.74 Å². The number of ether oxygens (including phenoxy) is 1. The summed E-state index contributed by atoms with van der Waals surface area (Å²) < 4.78 is 6.31. The van der Waals surface area contributed by atoms with Crippen LogP contribution in [-0.4, -0.2) is 26.0 Å². The molecule has 0 saturated carbocycles. The van der Waals surface area contributed by atoms with Gasteiger partial charge in [-0.3, -0.25) is 4.98 Å².